The molecule has 3 aromatic rings. The fraction of sp³-hybridized carbons (Fsp3) is 0.433. The quantitative estimate of drug-likeness (QED) is 0.289. The van der Waals surface area contributed by atoms with E-state index in [1.165, 1.54) is 74.9 Å². The number of rotatable bonds is 12. The van der Waals surface area contributed by atoms with Gasteiger partial charge >= 0.3 is 0 Å². The third-order valence-corrected chi connectivity index (χ3v) is 7.04. The summed E-state index contributed by atoms with van der Waals surface area (Å²) in [6, 6.07) is 16.8. The summed E-state index contributed by atoms with van der Waals surface area (Å²) in [6.07, 6.45) is 15.9. The van der Waals surface area contributed by atoms with Gasteiger partial charge in [-0.25, -0.2) is 4.98 Å². The zero-order chi connectivity index (χ0) is 24.3. The molecule has 2 aromatic carbocycles. The Labute approximate surface area is 210 Å². The third-order valence-electron chi connectivity index (χ3n) is 7.04. The van der Waals surface area contributed by atoms with E-state index in [1.807, 2.05) is 43.0 Å². The van der Waals surface area contributed by atoms with Crippen molar-refractivity contribution in [3.8, 4) is 11.5 Å². The van der Waals surface area contributed by atoms with Gasteiger partial charge in [-0.2, -0.15) is 0 Å². The second-order valence-electron chi connectivity index (χ2n) is 9.43. The smallest absolute Gasteiger partial charge is 0.118 e. The molecule has 0 bridgehead atoms. The van der Waals surface area contributed by atoms with Crippen LogP contribution >= 0.6 is 0 Å². The van der Waals surface area contributed by atoms with E-state index in [-0.39, 0.29) is 0 Å². The molecule has 0 saturated carbocycles. The standard InChI is InChI=1S/C30H39N3O2/c1-34-28-11-7-26(8-12-28)30(27-9-13-29(35-2)14-10-27)23-25-15-20-32(21-16-25)18-5-3-4-6-19-33-22-17-31-24-33/h7-14,17,22-25H,3-6,15-16,18-21H2,1-2H3. The molecule has 5 nitrogen and oxygen atoms in total. The van der Waals surface area contributed by atoms with Crippen molar-refractivity contribution in [3.63, 3.8) is 0 Å². The summed E-state index contributed by atoms with van der Waals surface area (Å²) in [5, 5.41) is 0. The maximum atomic E-state index is 5.37. The summed E-state index contributed by atoms with van der Waals surface area (Å²) in [7, 11) is 3.43. The lowest BCUT2D eigenvalue weighted by atomic mass is 9.89. The van der Waals surface area contributed by atoms with Gasteiger partial charge in [-0.3, -0.25) is 0 Å². The molecule has 186 valence electrons. The molecule has 1 fully saturated rings. The molecular formula is C30H39N3O2. The number of piperidine rings is 1. The summed E-state index contributed by atoms with van der Waals surface area (Å²) in [6.45, 7) is 4.69. The second kappa shape index (κ2) is 13.1. The predicted octanol–water partition coefficient (Wildman–Crippen LogP) is 6.30. The summed E-state index contributed by atoms with van der Waals surface area (Å²) < 4.78 is 12.9. The van der Waals surface area contributed by atoms with Gasteiger partial charge in [0.1, 0.15) is 11.5 Å². The lowest BCUT2D eigenvalue weighted by Gasteiger charge is -2.31. The molecule has 5 heteroatoms. The van der Waals surface area contributed by atoms with Crippen molar-refractivity contribution in [3.05, 3.63) is 84.5 Å². The van der Waals surface area contributed by atoms with Crippen LogP contribution in [0.5, 0.6) is 11.5 Å². The van der Waals surface area contributed by atoms with Gasteiger partial charge in [-0.1, -0.05) is 43.2 Å². The van der Waals surface area contributed by atoms with E-state index in [2.05, 4.69) is 44.8 Å². The number of aryl methyl sites for hydroxylation is 1. The molecule has 0 spiro atoms. The average molecular weight is 474 g/mol. The molecule has 35 heavy (non-hydrogen) atoms. The Morgan fingerprint density at radius 1 is 0.829 bits per heavy atom. The molecule has 0 radical (unpaired) electrons. The van der Waals surface area contributed by atoms with Crippen molar-refractivity contribution in [1.29, 1.82) is 0 Å². The number of nitrogens with zero attached hydrogens (tertiary/aromatic N) is 3. The van der Waals surface area contributed by atoms with Crippen molar-refractivity contribution in [2.24, 2.45) is 5.92 Å². The number of hydrogen-bond donors (Lipinski definition) is 0. The van der Waals surface area contributed by atoms with Gasteiger partial charge in [0.15, 0.2) is 0 Å². The Hall–Kier alpha value is -3.05. The van der Waals surface area contributed by atoms with Crippen LogP contribution in [-0.2, 0) is 6.54 Å². The van der Waals surface area contributed by atoms with Crippen molar-refractivity contribution in [2.75, 3.05) is 33.9 Å². The monoisotopic (exact) mass is 473 g/mol. The highest BCUT2D eigenvalue weighted by Gasteiger charge is 2.19. The number of unbranched alkanes of at least 4 members (excludes halogenated alkanes) is 3. The molecule has 0 atom stereocenters. The van der Waals surface area contributed by atoms with Crippen molar-refractivity contribution in [2.45, 2.75) is 45.1 Å². The van der Waals surface area contributed by atoms with Gasteiger partial charge in [0.2, 0.25) is 0 Å². The predicted molar refractivity (Wildman–Crippen MR) is 143 cm³/mol. The number of benzene rings is 2. The van der Waals surface area contributed by atoms with Crippen LogP contribution < -0.4 is 9.47 Å². The lowest BCUT2D eigenvalue weighted by Crippen LogP contribution is -2.34. The molecular weight excluding hydrogens is 434 g/mol. The zero-order valence-electron chi connectivity index (χ0n) is 21.2. The highest BCUT2D eigenvalue weighted by molar-refractivity contribution is 5.80. The molecule has 1 aliphatic rings. The Balaban J connectivity index is 1.29. The first-order chi connectivity index (χ1) is 17.2. The number of imidazole rings is 1. The average Bonchev–Trinajstić information content (AvgIpc) is 3.44. The van der Waals surface area contributed by atoms with Crippen LogP contribution in [0.1, 0.15) is 49.7 Å². The van der Waals surface area contributed by atoms with Gasteiger partial charge in [-0.05, 0) is 92.2 Å². The van der Waals surface area contributed by atoms with E-state index in [0.29, 0.717) is 5.92 Å². The first kappa shape index (κ1) is 25.1. The van der Waals surface area contributed by atoms with E-state index < -0.39 is 0 Å². The highest BCUT2D eigenvalue weighted by Crippen LogP contribution is 2.31. The zero-order valence-corrected chi connectivity index (χ0v) is 21.2. The van der Waals surface area contributed by atoms with E-state index in [4.69, 9.17) is 9.47 Å². The van der Waals surface area contributed by atoms with Gasteiger partial charge < -0.3 is 18.9 Å². The summed E-state index contributed by atoms with van der Waals surface area (Å²) >= 11 is 0. The molecule has 0 amide bonds. The Kier molecular flexibility index (Phi) is 9.41. The topological polar surface area (TPSA) is 39.5 Å². The number of likely N-dealkylation sites (tertiary alicyclic amines) is 1. The van der Waals surface area contributed by atoms with E-state index >= 15 is 0 Å². The van der Waals surface area contributed by atoms with E-state index in [9.17, 15) is 0 Å². The summed E-state index contributed by atoms with van der Waals surface area (Å²) in [5.74, 6) is 2.37. The fourth-order valence-electron chi connectivity index (χ4n) is 4.88. The van der Waals surface area contributed by atoms with Crippen LogP contribution in [-0.4, -0.2) is 48.3 Å². The maximum absolute atomic E-state index is 5.37. The Bertz CT molecular complexity index is 969. The minimum absolute atomic E-state index is 0.598. The molecule has 0 unspecified atom stereocenters. The minimum atomic E-state index is 0.598. The fourth-order valence-corrected chi connectivity index (χ4v) is 4.88. The maximum Gasteiger partial charge on any atom is 0.118 e. The minimum Gasteiger partial charge on any atom is -0.497 e. The summed E-state index contributed by atoms with van der Waals surface area (Å²) in [4.78, 5) is 6.77. The normalized spacial score (nSPS) is 14.6. The van der Waals surface area contributed by atoms with Crippen molar-refractivity contribution >= 4 is 5.57 Å². The SMILES string of the molecule is COc1ccc(C(=CC2CCN(CCCCCCn3ccnc3)CC2)c2ccc(OC)cc2)cc1. The second-order valence-corrected chi connectivity index (χ2v) is 9.43. The number of hydrogen-bond acceptors (Lipinski definition) is 4. The van der Waals surface area contributed by atoms with Crippen LogP contribution in [0.15, 0.2) is 73.3 Å². The largest absolute Gasteiger partial charge is 0.497 e. The summed E-state index contributed by atoms with van der Waals surface area (Å²) in [5.41, 5.74) is 3.76. The number of allylic oxidation sites excluding steroid dienone is 1. The van der Waals surface area contributed by atoms with Crippen molar-refractivity contribution < 1.29 is 9.47 Å². The number of ether oxygens (including phenoxy) is 2. The Morgan fingerprint density at radius 3 is 1.91 bits per heavy atom. The highest BCUT2D eigenvalue weighted by atomic mass is 16.5. The first-order valence-electron chi connectivity index (χ1n) is 12.9. The van der Waals surface area contributed by atoms with Crippen LogP contribution in [0.2, 0.25) is 0 Å². The van der Waals surface area contributed by atoms with Crippen LogP contribution in [0.3, 0.4) is 0 Å². The van der Waals surface area contributed by atoms with Crippen LogP contribution in [0, 0.1) is 5.92 Å². The molecule has 1 aromatic heterocycles. The molecule has 1 saturated heterocycles. The molecule has 2 heterocycles. The van der Waals surface area contributed by atoms with E-state index in [1.54, 1.807) is 14.2 Å². The molecule has 0 aliphatic carbocycles. The van der Waals surface area contributed by atoms with Crippen LogP contribution in [0.4, 0.5) is 0 Å². The molecule has 1 aliphatic heterocycles. The number of methoxy groups -OCH3 is 2. The van der Waals surface area contributed by atoms with Gasteiger partial charge in [0, 0.05) is 18.9 Å². The third kappa shape index (κ3) is 7.46. The van der Waals surface area contributed by atoms with Gasteiger partial charge in [0.05, 0.1) is 20.5 Å². The van der Waals surface area contributed by atoms with Crippen molar-refractivity contribution in [1.82, 2.24) is 14.5 Å². The molecule has 4 rings (SSSR count). The first-order valence-corrected chi connectivity index (χ1v) is 12.9. The van der Waals surface area contributed by atoms with E-state index in [0.717, 1.165) is 18.0 Å². The van der Waals surface area contributed by atoms with Gasteiger partial charge in [0.25, 0.3) is 0 Å². The molecule has 0 N–H and O–H groups in total. The van der Waals surface area contributed by atoms with Gasteiger partial charge in [-0.15, -0.1) is 0 Å². The number of aromatic nitrogens is 2. The Morgan fingerprint density at radius 2 is 1.40 bits per heavy atom. The van der Waals surface area contributed by atoms with Crippen LogP contribution in [0.25, 0.3) is 5.57 Å². The lowest BCUT2D eigenvalue weighted by molar-refractivity contribution is 0.199.